The number of hydrogen-bond donors (Lipinski definition) is 1. The van der Waals surface area contributed by atoms with Gasteiger partial charge in [-0.3, -0.25) is 4.99 Å². The quantitative estimate of drug-likeness (QED) is 0.479. The van der Waals surface area contributed by atoms with Crippen molar-refractivity contribution in [3.05, 3.63) is 34.9 Å². The van der Waals surface area contributed by atoms with E-state index < -0.39 is 0 Å². The van der Waals surface area contributed by atoms with Gasteiger partial charge in [-0.1, -0.05) is 36.2 Å². The highest BCUT2D eigenvalue weighted by atomic mass is 127. The third kappa shape index (κ3) is 5.85. The van der Waals surface area contributed by atoms with Crippen molar-refractivity contribution in [2.75, 3.05) is 19.6 Å². The summed E-state index contributed by atoms with van der Waals surface area (Å²) in [5.74, 6) is 1.46. The molecule has 21 heavy (non-hydrogen) atoms. The van der Waals surface area contributed by atoms with Crippen LogP contribution >= 0.6 is 24.0 Å². The summed E-state index contributed by atoms with van der Waals surface area (Å²) in [5, 5.41) is 0. The van der Waals surface area contributed by atoms with Crippen LogP contribution in [0.15, 0.2) is 23.2 Å². The molecule has 1 aliphatic rings. The molecule has 1 saturated heterocycles. The molecule has 0 aliphatic carbocycles. The summed E-state index contributed by atoms with van der Waals surface area (Å²) < 4.78 is 0. The first kappa shape index (κ1) is 18.3. The third-order valence-corrected chi connectivity index (χ3v) is 3.94. The molecule has 1 aromatic carbocycles. The lowest BCUT2D eigenvalue weighted by molar-refractivity contribution is 0.270. The summed E-state index contributed by atoms with van der Waals surface area (Å²) in [6.07, 6.45) is 3.51. The van der Waals surface area contributed by atoms with Crippen LogP contribution in [-0.4, -0.2) is 30.5 Å². The number of guanidine groups is 1. The van der Waals surface area contributed by atoms with E-state index in [0.29, 0.717) is 0 Å². The van der Waals surface area contributed by atoms with E-state index in [2.05, 4.69) is 48.9 Å². The number of aryl methyl sites for hydroxylation is 2. The van der Waals surface area contributed by atoms with Gasteiger partial charge in [0.05, 0.1) is 0 Å². The molecule has 1 unspecified atom stereocenters. The average molecular weight is 401 g/mol. The highest BCUT2D eigenvalue weighted by Crippen LogP contribution is 2.15. The summed E-state index contributed by atoms with van der Waals surface area (Å²) in [6, 6.07) is 6.68. The van der Waals surface area contributed by atoms with Gasteiger partial charge in [-0.05, 0) is 44.6 Å². The van der Waals surface area contributed by atoms with Gasteiger partial charge < -0.3 is 10.6 Å². The monoisotopic (exact) mass is 401 g/mol. The van der Waals surface area contributed by atoms with Gasteiger partial charge in [-0.2, -0.15) is 0 Å². The van der Waals surface area contributed by atoms with Gasteiger partial charge in [0.1, 0.15) is 0 Å². The fourth-order valence-corrected chi connectivity index (χ4v) is 3.01. The molecule has 0 bridgehead atoms. The van der Waals surface area contributed by atoms with Crippen LogP contribution in [0.4, 0.5) is 0 Å². The second-order valence-corrected chi connectivity index (χ2v) is 6.18. The van der Waals surface area contributed by atoms with E-state index in [4.69, 9.17) is 5.73 Å². The number of halogens is 1. The molecule has 1 aliphatic heterocycles. The molecule has 4 heteroatoms. The van der Waals surface area contributed by atoms with Crippen molar-refractivity contribution in [3.63, 3.8) is 0 Å². The van der Waals surface area contributed by atoms with Gasteiger partial charge in [-0.15, -0.1) is 24.0 Å². The van der Waals surface area contributed by atoms with Gasteiger partial charge in [-0.25, -0.2) is 0 Å². The molecule has 2 rings (SSSR count). The lowest BCUT2D eigenvalue weighted by atomic mass is 10.0. The largest absolute Gasteiger partial charge is 0.370 e. The minimum atomic E-state index is 0. The number of nitrogens with two attached hydrogens (primary N) is 1. The fourth-order valence-electron chi connectivity index (χ4n) is 3.01. The molecule has 1 fully saturated rings. The van der Waals surface area contributed by atoms with Gasteiger partial charge in [0.15, 0.2) is 5.96 Å². The Morgan fingerprint density at radius 3 is 2.57 bits per heavy atom. The lowest BCUT2D eigenvalue weighted by Crippen LogP contribution is -2.43. The van der Waals surface area contributed by atoms with Gasteiger partial charge in [0.25, 0.3) is 0 Å². The number of likely N-dealkylation sites (tertiary alicyclic amines) is 1. The SMILES string of the molecule is Cc1cc(C)cc(CCN=C(N)N2CCCC(C)C2)c1.I. The van der Waals surface area contributed by atoms with Crippen LogP contribution in [0.1, 0.15) is 36.5 Å². The highest BCUT2D eigenvalue weighted by Gasteiger charge is 2.17. The predicted molar refractivity (Wildman–Crippen MR) is 101 cm³/mol. The maximum atomic E-state index is 6.11. The van der Waals surface area contributed by atoms with Crippen molar-refractivity contribution in [1.82, 2.24) is 4.90 Å². The predicted octanol–water partition coefficient (Wildman–Crippen LogP) is 3.51. The molecule has 0 saturated carbocycles. The number of rotatable bonds is 3. The molecular weight excluding hydrogens is 373 g/mol. The minimum Gasteiger partial charge on any atom is -0.370 e. The van der Waals surface area contributed by atoms with Gasteiger partial charge in [0, 0.05) is 19.6 Å². The molecule has 0 spiro atoms. The second-order valence-electron chi connectivity index (χ2n) is 6.18. The van der Waals surface area contributed by atoms with E-state index in [1.54, 1.807) is 0 Å². The number of benzene rings is 1. The first-order valence-corrected chi connectivity index (χ1v) is 7.66. The summed E-state index contributed by atoms with van der Waals surface area (Å²) in [5.41, 5.74) is 10.1. The number of aliphatic imine (C=N–C) groups is 1. The zero-order chi connectivity index (χ0) is 14.5. The minimum absolute atomic E-state index is 0. The first-order valence-electron chi connectivity index (χ1n) is 7.66. The molecule has 0 aromatic heterocycles. The summed E-state index contributed by atoms with van der Waals surface area (Å²) >= 11 is 0. The van der Waals surface area contributed by atoms with Crippen molar-refractivity contribution in [2.24, 2.45) is 16.6 Å². The zero-order valence-electron chi connectivity index (χ0n) is 13.4. The van der Waals surface area contributed by atoms with Gasteiger partial charge in [0.2, 0.25) is 0 Å². The van der Waals surface area contributed by atoms with Crippen molar-refractivity contribution in [1.29, 1.82) is 0 Å². The van der Waals surface area contributed by atoms with Crippen molar-refractivity contribution < 1.29 is 0 Å². The Balaban J connectivity index is 0.00000220. The Morgan fingerprint density at radius 1 is 1.29 bits per heavy atom. The Labute approximate surface area is 146 Å². The molecule has 118 valence electrons. The topological polar surface area (TPSA) is 41.6 Å². The number of hydrogen-bond acceptors (Lipinski definition) is 1. The fraction of sp³-hybridized carbons (Fsp3) is 0.588. The molecule has 1 heterocycles. The van der Waals surface area contributed by atoms with E-state index in [9.17, 15) is 0 Å². The summed E-state index contributed by atoms with van der Waals surface area (Å²) in [7, 11) is 0. The Morgan fingerprint density at radius 2 is 1.95 bits per heavy atom. The summed E-state index contributed by atoms with van der Waals surface area (Å²) in [4.78, 5) is 6.79. The zero-order valence-corrected chi connectivity index (χ0v) is 15.8. The standard InChI is InChI=1S/C17H27N3.HI/c1-13-5-4-8-20(12-13)17(18)19-7-6-16-10-14(2)9-15(3)11-16;/h9-11,13H,4-8,12H2,1-3H3,(H2,18,19);1H. The molecule has 1 aromatic rings. The maximum Gasteiger partial charge on any atom is 0.191 e. The van der Waals surface area contributed by atoms with Gasteiger partial charge >= 0.3 is 0 Å². The lowest BCUT2D eigenvalue weighted by Gasteiger charge is -2.31. The Hall–Kier alpha value is -0.780. The Bertz CT molecular complexity index is 465. The Kier molecular flexibility index (Phi) is 7.49. The number of piperidine rings is 1. The molecule has 0 amide bonds. The smallest absolute Gasteiger partial charge is 0.191 e. The second kappa shape index (κ2) is 8.61. The number of nitrogens with zero attached hydrogens (tertiary/aromatic N) is 2. The average Bonchev–Trinajstić information content (AvgIpc) is 2.37. The van der Waals surface area contributed by atoms with Crippen LogP contribution in [0.25, 0.3) is 0 Å². The molecule has 0 radical (unpaired) electrons. The molecular formula is C17H28IN3. The maximum absolute atomic E-state index is 6.11. The first-order chi connectivity index (χ1) is 9.54. The van der Waals surface area contributed by atoms with Crippen LogP contribution in [0, 0.1) is 19.8 Å². The van der Waals surface area contributed by atoms with Crippen LogP contribution in [0.5, 0.6) is 0 Å². The molecule has 1 atom stereocenters. The van der Waals surface area contributed by atoms with E-state index >= 15 is 0 Å². The van der Waals surface area contributed by atoms with E-state index in [-0.39, 0.29) is 24.0 Å². The summed E-state index contributed by atoms with van der Waals surface area (Å²) in [6.45, 7) is 9.46. The molecule has 2 N–H and O–H groups in total. The van der Waals surface area contributed by atoms with E-state index in [1.165, 1.54) is 29.5 Å². The van der Waals surface area contributed by atoms with Crippen LogP contribution < -0.4 is 5.73 Å². The van der Waals surface area contributed by atoms with Crippen molar-refractivity contribution >= 4 is 29.9 Å². The van der Waals surface area contributed by atoms with Crippen molar-refractivity contribution in [3.8, 4) is 0 Å². The van der Waals surface area contributed by atoms with Crippen LogP contribution in [-0.2, 0) is 6.42 Å². The van der Waals surface area contributed by atoms with Crippen LogP contribution in [0.3, 0.4) is 0 Å². The molecule has 3 nitrogen and oxygen atoms in total. The normalized spacial score (nSPS) is 19.3. The van der Waals surface area contributed by atoms with Crippen LogP contribution in [0.2, 0.25) is 0 Å². The van der Waals surface area contributed by atoms with Crippen molar-refractivity contribution in [2.45, 2.75) is 40.0 Å². The third-order valence-electron chi connectivity index (χ3n) is 3.94. The van der Waals surface area contributed by atoms with E-state index in [1.807, 2.05) is 0 Å². The van der Waals surface area contributed by atoms with E-state index in [0.717, 1.165) is 37.9 Å². The highest BCUT2D eigenvalue weighted by molar-refractivity contribution is 14.0.